The van der Waals surface area contributed by atoms with Crippen LogP contribution >= 0.6 is 0 Å². The Hall–Kier alpha value is -3.47. The fourth-order valence-electron chi connectivity index (χ4n) is 2.50. The number of anilines is 2. The number of benzene rings is 3. The Morgan fingerprint density at radius 3 is 2.19 bits per heavy atom. The van der Waals surface area contributed by atoms with Gasteiger partial charge in [-0.15, -0.1) is 0 Å². The van der Waals surface area contributed by atoms with Crippen molar-refractivity contribution < 1.29 is 14.0 Å². The zero-order valence-electron chi connectivity index (χ0n) is 14.1. The van der Waals surface area contributed by atoms with Crippen LogP contribution in [0.5, 0.6) is 0 Å². The van der Waals surface area contributed by atoms with E-state index in [1.807, 2.05) is 13.0 Å². The number of nitrogens with one attached hydrogen (secondary N) is 2. The van der Waals surface area contributed by atoms with Gasteiger partial charge in [0.25, 0.3) is 11.8 Å². The van der Waals surface area contributed by atoms with E-state index in [9.17, 15) is 14.0 Å². The van der Waals surface area contributed by atoms with Gasteiger partial charge in [-0.05, 0) is 48.9 Å². The van der Waals surface area contributed by atoms with Crippen molar-refractivity contribution in [2.75, 3.05) is 10.6 Å². The summed E-state index contributed by atoms with van der Waals surface area (Å²) in [7, 11) is 0. The largest absolute Gasteiger partial charge is 0.321 e. The van der Waals surface area contributed by atoms with Crippen molar-refractivity contribution in [3.8, 4) is 0 Å². The molecule has 0 atom stereocenters. The Balaban J connectivity index is 1.83. The molecule has 0 saturated carbocycles. The third kappa shape index (κ3) is 3.95. The maximum atomic E-state index is 13.9. The lowest BCUT2D eigenvalue weighted by atomic mass is 10.1. The molecule has 4 nitrogen and oxygen atoms in total. The molecule has 0 heterocycles. The van der Waals surface area contributed by atoms with Crippen LogP contribution < -0.4 is 10.6 Å². The van der Waals surface area contributed by atoms with E-state index in [1.54, 1.807) is 60.7 Å². The molecule has 3 aromatic carbocycles. The van der Waals surface area contributed by atoms with Crippen LogP contribution in [0.15, 0.2) is 72.8 Å². The van der Waals surface area contributed by atoms with Crippen LogP contribution in [0.25, 0.3) is 0 Å². The highest BCUT2D eigenvalue weighted by atomic mass is 19.1. The molecule has 0 radical (unpaired) electrons. The van der Waals surface area contributed by atoms with Gasteiger partial charge in [-0.25, -0.2) is 4.39 Å². The Morgan fingerprint density at radius 2 is 1.42 bits per heavy atom. The van der Waals surface area contributed by atoms with Crippen molar-refractivity contribution in [3.63, 3.8) is 0 Å². The van der Waals surface area contributed by atoms with E-state index >= 15 is 0 Å². The molecular formula is C21H17FN2O2. The van der Waals surface area contributed by atoms with Crippen LogP contribution in [-0.2, 0) is 0 Å². The summed E-state index contributed by atoms with van der Waals surface area (Å²) in [5.41, 5.74) is 2.00. The van der Waals surface area contributed by atoms with Crippen LogP contribution in [0.1, 0.15) is 26.3 Å². The Labute approximate surface area is 150 Å². The number of halogens is 1. The molecule has 0 saturated heterocycles. The van der Waals surface area contributed by atoms with E-state index in [4.69, 9.17) is 0 Å². The van der Waals surface area contributed by atoms with Gasteiger partial charge in [-0.1, -0.05) is 36.4 Å². The fourth-order valence-corrected chi connectivity index (χ4v) is 2.50. The van der Waals surface area contributed by atoms with Crippen molar-refractivity contribution in [2.45, 2.75) is 6.92 Å². The second kappa shape index (κ2) is 7.61. The van der Waals surface area contributed by atoms with E-state index in [0.29, 0.717) is 11.3 Å². The lowest BCUT2D eigenvalue weighted by Gasteiger charge is -2.12. The van der Waals surface area contributed by atoms with Crippen LogP contribution in [0.3, 0.4) is 0 Å². The smallest absolute Gasteiger partial charge is 0.257 e. The summed E-state index contributed by atoms with van der Waals surface area (Å²) in [4.78, 5) is 24.9. The molecule has 0 spiro atoms. The second-order valence-electron chi connectivity index (χ2n) is 5.80. The molecule has 5 heteroatoms. The lowest BCUT2D eigenvalue weighted by Crippen LogP contribution is -2.18. The van der Waals surface area contributed by atoms with Gasteiger partial charge < -0.3 is 10.6 Å². The minimum absolute atomic E-state index is 0.0965. The third-order valence-corrected chi connectivity index (χ3v) is 3.83. The van der Waals surface area contributed by atoms with E-state index in [-0.39, 0.29) is 17.2 Å². The van der Waals surface area contributed by atoms with E-state index in [0.717, 1.165) is 5.56 Å². The highest BCUT2D eigenvalue weighted by molar-refractivity contribution is 6.12. The van der Waals surface area contributed by atoms with Crippen molar-refractivity contribution in [1.29, 1.82) is 0 Å². The van der Waals surface area contributed by atoms with E-state index < -0.39 is 11.7 Å². The number of amides is 2. The van der Waals surface area contributed by atoms with Crippen molar-refractivity contribution >= 4 is 23.2 Å². The first-order valence-electron chi connectivity index (χ1n) is 8.07. The zero-order chi connectivity index (χ0) is 18.5. The molecule has 0 bridgehead atoms. The third-order valence-electron chi connectivity index (χ3n) is 3.83. The van der Waals surface area contributed by atoms with Gasteiger partial charge in [0.1, 0.15) is 5.82 Å². The molecule has 0 aliphatic rings. The molecule has 3 rings (SSSR count). The average molecular weight is 348 g/mol. The highest BCUT2D eigenvalue weighted by Crippen LogP contribution is 2.21. The average Bonchev–Trinajstić information content (AvgIpc) is 2.66. The SMILES string of the molecule is Cc1ccc(F)c(NC(=O)c2ccccc2NC(=O)c2ccccc2)c1. The second-order valence-corrected chi connectivity index (χ2v) is 5.80. The molecule has 0 fully saturated rings. The molecular weight excluding hydrogens is 331 g/mol. The number of rotatable bonds is 4. The quantitative estimate of drug-likeness (QED) is 0.722. The fraction of sp³-hybridized carbons (Fsp3) is 0.0476. The Morgan fingerprint density at radius 1 is 0.769 bits per heavy atom. The van der Waals surface area contributed by atoms with Gasteiger partial charge in [-0.3, -0.25) is 9.59 Å². The number of hydrogen-bond donors (Lipinski definition) is 2. The number of hydrogen-bond acceptors (Lipinski definition) is 2. The van der Waals surface area contributed by atoms with Gasteiger partial charge in [-0.2, -0.15) is 0 Å². The summed E-state index contributed by atoms with van der Waals surface area (Å²) in [5, 5.41) is 5.28. The normalized spacial score (nSPS) is 10.2. The van der Waals surface area contributed by atoms with Gasteiger partial charge in [0.05, 0.1) is 16.9 Å². The molecule has 2 amide bonds. The topological polar surface area (TPSA) is 58.2 Å². The van der Waals surface area contributed by atoms with Crippen molar-refractivity contribution in [1.82, 2.24) is 0 Å². The monoisotopic (exact) mass is 348 g/mol. The number of aryl methyl sites for hydroxylation is 1. The molecule has 0 aromatic heterocycles. The van der Waals surface area contributed by atoms with Crippen LogP contribution in [0.2, 0.25) is 0 Å². The molecule has 0 aliphatic heterocycles. The summed E-state index contributed by atoms with van der Waals surface area (Å²) in [6.45, 7) is 1.81. The molecule has 2 N–H and O–H groups in total. The summed E-state index contributed by atoms with van der Waals surface area (Å²) in [5.74, 6) is -1.35. The van der Waals surface area contributed by atoms with Crippen LogP contribution in [0.4, 0.5) is 15.8 Å². The highest BCUT2D eigenvalue weighted by Gasteiger charge is 2.15. The van der Waals surface area contributed by atoms with Crippen LogP contribution in [0, 0.1) is 12.7 Å². The standard InChI is InChI=1S/C21H17FN2O2/c1-14-11-12-17(22)19(13-14)24-21(26)16-9-5-6-10-18(16)23-20(25)15-7-3-2-4-8-15/h2-13H,1H3,(H,23,25)(H,24,26). The van der Waals surface area contributed by atoms with Crippen LogP contribution in [-0.4, -0.2) is 11.8 Å². The summed E-state index contributed by atoms with van der Waals surface area (Å²) in [6, 6.07) is 19.8. The lowest BCUT2D eigenvalue weighted by molar-refractivity contribution is 0.102. The molecule has 130 valence electrons. The maximum Gasteiger partial charge on any atom is 0.257 e. The van der Waals surface area contributed by atoms with Gasteiger partial charge in [0, 0.05) is 5.56 Å². The number of carbonyl (C=O) groups is 2. The molecule has 26 heavy (non-hydrogen) atoms. The zero-order valence-corrected chi connectivity index (χ0v) is 14.1. The minimum atomic E-state index is -0.519. The van der Waals surface area contributed by atoms with Gasteiger partial charge >= 0.3 is 0 Å². The summed E-state index contributed by atoms with van der Waals surface area (Å²) < 4.78 is 13.9. The Kier molecular flexibility index (Phi) is 5.08. The Bertz CT molecular complexity index is 955. The van der Waals surface area contributed by atoms with E-state index in [1.165, 1.54) is 6.07 Å². The first-order chi connectivity index (χ1) is 12.5. The predicted octanol–water partition coefficient (Wildman–Crippen LogP) is 4.64. The predicted molar refractivity (Wildman–Crippen MR) is 99.9 cm³/mol. The van der Waals surface area contributed by atoms with Crippen molar-refractivity contribution in [2.24, 2.45) is 0 Å². The maximum absolute atomic E-state index is 13.9. The van der Waals surface area contributed by atoms with Crippen molar-refractivity contribution in [3.05, 3.63) is 95.3 Å². The minimum Gasteiger partial charge on any atom is -0.321 e. The van der Waals surface area contributed by atoms with E-state index in [2.05, 4.69) is 10.6 Å². The first kappa shape index (κ1) is 17.4. The summed E-state index contributed by atoms with van der Waals surface area (Å²) >= 11 is 0. The number of para-hydroxylation sites is 1. The first-order valence-corrected chi connectivity index (χ1v) is 8.07. The molecule has 3 aromatic rings. The van der Waals surface area contributed by atoms with Gasteiger partial charge in [0.15, 0.2) is 0 Å². The van der Waals surface area contributed by atoms with Gasteiger partial charge in [0.2, 0.25) is 0 Å². The molecule has 0 unspecified atom stereocenters. The molecule has 0 aliphatic carbocycles. The number of carbonyl (C=O) groups excluding carboxylic acids is 2. The summed E-state index contributed by atoms with van der Waals surface area (Å²) in [6.07, 6.45) is 0.